The third-order valence-corrected chi connectivity index (χ3v) is 5.42. The van der Waals surface area contributed by atoms with Gasteiger partial charge < -0.3 is 15.0 Å². The van der Waals surface area contributed by atoms with Crippen molar-refractivity contribution in [2.45, 2.75) is 45.3 Å². The van der Waals surface area contributed by atoms with Gasteiger partial charge in [-0.3, -0.25) is 4.79 Å². The molecule has 3 rings (SSSR count). The largest absolute Gasteiger partial charge is 0.367 e. The number of nitrogens with zero attached hydrogens (tertiary/aromatic N) is 1. The second-order valence-corrected chi connectivity index (χ2v) is 7.43. The third-order valence-electron chi connectivity index (χ3n) is 5.42. The molecule has 4 unspecified atom stereocenters. The first-order valence-corrected chi connectivity index (χ1v) is 9.32. The summed E-state index contributed by atoms with van der Waals surface area (Å²) in [6.45, 7) is 7.84. The molecule has 2 aliphatic heterocycles. The van der Waals surface area contributed by atoms with Crippen LogP contribution < -0.4 is 5.32 Å². The number of nitrogens with one attached hydrogen (secondary N) is 1. The molecule has 132 valence electrons. The number of rotatable bonds is 4. The van der Waals surface area contributed by atoms with E-state index in [1.54, 1.807) is 0 Å². The van der Waals surface area contributed by atoms with Gasteiger partial charge in [0.1, 0.15) is 6.10 Å². The van der Waals surface area contributed by atoms with Crippen LogP contribution in [0.4, 0.5) is 0 Å². The monoisotopic (exact) mass is 330 g/mol. The van der Waals surface area contributed by atoms with Gasteiger partial charge in [0, 0.05) is 13.0 Å². The maximum atomic E-state index is 12.8. The lowest BCUT2D eigenvalue weighted by atomic mass is 9.85. The molecule has 2 heterocycles. The summed E-state index contributed by atoms with van der Waals surface area (Å²) in [5.41, 5.74) is 1.16. The van der Waals surface area contributed by atoms with Crippen LogP contribution in [0, 0.1) is 11.8 Å². The van der Waals surface area contributed by atoms with Crippen molar-refractivity contribution in [3.05, 3.63) is 35.9 Å². The van der Waals surface area contributed by atoms with E-state index in [2.05, 4.69) is 31.3 Å². The number of carbonyl (C=O) groups is 1. The van der Waals surface area contributed by atoms with Gasteiger partial charge in [0.15, 0.2) is 0 Å². The highest BCUT2D eigenvalue weighted by Crippen LogP contribution is 2.28. The van der Waals surface area contributed by atoms with Crippen LogP contribution in [-0.4, -0.2) is 43.1 Å². The van der Waals surface area contributed by atoms with Crippen molar-refractivity contribution in [3.8, 4) is 0 Å². The van der Waals surface area contributed by atoms with Crippen LogP contribution in [0.15, 0.2) is 30.3 Å². The molecule has 4 nitrogen and oxygen atoms in total. The van der Waals surface area contributed by atoms with E-state index in [4.69, 9.17) is 4.74 Å². The van der Waals surface area contributed by atoms with Gasteiger partial charge in [-0.15, -0.1) is 0 Å². The molecule has 24 heavy (non-hydrogen) atoms. The minimum atomic E-state index is -0.00875. The Morgan fingerprint density at radius 3 is 2.83 bits per heavy atom. The Kier molecular flexibility index (Phi) is 5.90. The first kappa shape index (κ1) is 17.4. The van der Waals surface area contributed by atoms with E-state index < -0.39 is 0 Å². The number of morpholine rings is 1. The van der Waals surface area contributed by atoms with E-state index in [1.165, 1.54) is 12.8 Å². The number of hydrogen-bond donors (Lipinski definition) is 1. The first-order valence-electron chi connectivity index (χ1n) is 9.32. The van der Waals surface area contributed by atoms with Gasteiger partial charge in [0.05, 0.1) is 12.6 Å². The molecule has 4 atom stereocenters. The van der Waals surface area contributed by atoms with E-state index in [9.17, 15) is 4.79 Å². The van der Waals surface area contributed by atoms with Crippen molar-refractivity contribution in [2.75, 3.05) is 26.2 Å². The number of ether oxygens (including phenoxy) is 1. The van der Waals surface area contributed by atoms with Gasteiger partial charge in [0.2, 0.25) is 5.91 Å². The van der Waals surface area contributed by atoms with E-state index in [0.29, 0.717) is 31.3 Å². The molecular formula is C20H30N2O2. The Bertz CT molecular complexity index is 528. The van der Waals surface area contributed by atoms with E-state index in [0.717, 1.165) is 18.7 Å². The maximum Gasteiger partial charge on any atom is 0.223 e. The zero-order valence-electron chi connectivity index (χ0n) is 14.9. The van der Waals surface area contributed by atoms with Crippen molar-refractivity contribution in [3.63, 3.8) is 0 Å². The molecule has 1 aromatic carbocycles. The predicted molar refractivity (Wildman–Crippen MR) is 95.7 cm³/mol. The predicted octanol–water partition coefficient (Wildman–Crippen LogP) is 3.00. The molecule has 0 radical (unpaired) electrons. The van der Waals surface area contributed by atoms with E-state index >= 15 is 0 Å². The van der Waals surface area contributed by atoms with E-state index in [-0.39, 0.29) is 18.1 Å². The maximum absolute atomic E-state index is 12.8. The fourth-order valence-corrected chi connectivity index (χ4v) is 3.94. The minimum absolute atomic E-state index is 0.00875. The van der Waals surface area contributed by atoms with Crippen molar-refractivity contribution in [1.29, 1.82) is 0 Å². The SMILES string of the molecule is CC1CN(C(=O)CC(C)C2CCCNC2)CC(c2ccccc2)O1. The zero-order chi connectivity index (χ0) is 16.9. The summed E-state index contributed by atoms with van der Waals surface area (Å²) in [4.78, 5) is 14.8. The Labute approximate surface area is 145 Å². The van der Waals surface area contributed by atoms with E-state index in [1.807, 2.05) is 23.1 Å². The molecule has 0 saturated carbocycles. The summed E-state index contributed by atoms with van der Waals surface area (Å²) < 4.78 is 6.07. The molecule has 4 heteroatoms. The van der Waals surface area contributed by atoms with Crippen molar-refractivity contribution in [2.24, 2.45) is 11.8 Å². The van der Waals surface area contributed by atoms with Crippen LogP contribution in [0.25, 0.3) is 0 Å². The highest BCUT2D eigenvalue weighted by atomic mass is 16.5. The standard InChI is InChI=1S/C20H30N2O2/c1-15(18-9-6-10-21-12-18)11-20(23)22-13-16(2)24-19(14-22)17-7-4-3-5-8-17/h3-5,7-8,15-16,18-19,21H,6,9-14H2,1-2H3. The Balaban J connectivity index is 1.59. The second kappa shape index (κ2) is 8.13. The fraction of sp³-hybridized carbons (Fsp3) is 0.650. The van der Waals surface area contributed by atoms with Gasteiger partial charge in [-0.05, 0) is 50.3 Å². The lowest BCUT2D eigenvalue weighted by Gasteiger charge is -2.38. The highest BCUT2D eigenvalue weighted by molar-refractivity contribution is 5.76. The number of carbonyl (C=O) groups excluding carboxylic acids is 1. The van der Waals surface area contributed by atoms with Crippen molar-refractivity contribution >= 4 is 5.91 Å². The quantitative estimate of drug-likeness (QED) is 0.923. The lowest BCUT2D eigenvalue weighted by Crippen LogP contribution is -2.46. The van der Waals surface area contributed by atoms with Crippen molar-refractivity contribution in [1.82, 2.24) is 10.2 Å². The number of piperidine rings is 1. The number of benzene rings is 1. The zero-order valence-corrected chi connectivity index (χ0v) is 14.9. The second-order valence-electron chi connectivity index (χ2n) is 7.43. The number of hydrogen-bond acceptors (Lipinski definition) is 3. The average molecular weight is 330 g/mol. The normalized spacial score (nSPS) is 29.2. The molecular weight excluding hydrogens is 300 g/mol. The molecule has 0 aliphatic carbocycles. The summed E-state index contributed by atoms with van der Waals surface area (Å²) in [6, 6.07) is 10.2. The molecule has 2 fully saturated rings. The third kappa shape index (κ3) is 4.37. The Morgan fingerprint density at radius 1 is 1.33 bits per heavy atom. The molecule has 1 N–H and O–H groups in total. The van der Waals surface area contributed by atoms with Gasteiger partial charge in [-0.25, -0.2) is 0 Å². The first-order chi connectivity index (χ1) is 11.6. The van der Waals surface area contributed by atoms with Gasteiger partial charge >= 0.3 is 0 Å². The van der Waals surface area contributed by atoms with Crippen LogP contribution in [-0.2, 0) is 9.53 Å². The molecule has 1 aromatic rings. The van der Waals surface area contributed by atoms with Crippen LogP contribution in [0.5, 0.6) is 0 Å². The highest BCUT2D eigenvalue weighted by Gasteiger charge is 2.31. The molecule has 2 aliphatic rings. The summed E-state index contributed by atoms with van der Waals surface area (Å²) in [6.07, 6.45) is 3.20. The smallest absolute Gasteiger partial charge is 0.223 e. The van der Waals surface area contributed by atoms with Crippen LogP contribution in [0.3, 0.4) is 0 Å². The van der Waals surface area contributed by atoms with Crippen LogP contribution in [0.2, 0.25) is 0 Å². The average Bonchev–Trinajstić information content (AvgIpc) is 2.62. The van der Waals surface area contributed by atoms with Gasteiger partial charge in [-0.2, -0.15) is 0 Å². The van der Waals surface area contributed by atoms with Gasteiger partial charge in [-0.1, -0.05) is 37.3 Å². The molecule has 2 saturated heterocycles. The minimum Gasteiger partial charge on any atom is -0.367 e. The molecule has 0 spiro atoms. The molecule has 1 amide bonds. The fourth-order valence-electron chi connectivity index (χ4n) is 3.94. The van der Waals surface area contributed by atoms with Gasteiger partial charge in [0.25, 0.3) is 0 Å². The molecule has 0 aromatic heterocycles. The summed E-state index contributed by atoms with van der Waals surface area (Å²) in [5.74, 6) is 1.36. The van der Waals surface area contributed by atoms with Crippen molar-refractivity contribution < 1.29 is 9.53 Å². The Morgan fingerprint density at radius 2 is 2.12 bits per heavy atom. The number of amides is 1. The Hall–Kier alpha value is -1.39. The van der Waals surface area contributed by atoms with Crippen LogP contribution >= 0.6 is 0 Å². The summed E-state index contributed by atoms with van der Waals surface area (Å²) >= 11 is 0. The van der Waals surface area contributed by atoms with Crippen LogP contribution in [0.1, 0.15) is 44.8 Å². The molecule has 0 bridgehead atoms. The summed E-state index contributed by atoms with van der Waals surface area (Å²) in [7, 11) is 0. The summed E-state index contributed by atoms with van der Waals surface area (Å²) in [5, 5.41) is 3.46. The topological polar surface area (TPSA) is 41.6 Å². The lowest BCUT2D eigenvalue weighted by molar-refractivity contribution is -0.146.